The Morgan fingerprint density at radius 2 is 1.86 bits per heavy atom. The van der Waals surface area contributed by atoms with E-state index in [1.165, 1.54) is 11.0 Å². The average Bonchev–Trinajstić information content (AvgIpc) is 2.94. The van der Waals surface area contributed by atoms with Crippen molar-refractivity contribution in [1.82, 2.24) is 19.8 Å². The quantitative estimate of drug-likeness (QED) is 0.255. The molecule has 3 aliphatic carbocycles. The Morgan fingerprint density at radius 1 is 1.12 bits per heavy atom. The number of fused-ring (bicyclic) bond motifs is 3. The van der Waals surface area contributed by atoms with Gasteiger partial charge in [0.25, 0.3) is 5.56 Å². The SMILES string of the molecule is C[C@@H]1CN(C(=NC2C[C@H]3C[C@@H]([C@@H]2C)C3(C)C)Nc2ccc3c(=O)n(C)c(COc4ccc(Cl)cc4Cl)nc3c2)C[C@H](C)N1. The van der Waals surface area contributed by atoms with Gasteiger partial charge in [0.15, 0.2) is 5.96 Å². The lowest BCUT2D eigenvalue weighted by atomic mass is 9.45. The molecule has 2 aromatic carbocycles. The Morgan fingerprint density at radius 3 is 2.53 bits per heavy atom. The minimum atomic E-state index is -0.131. The van der Waals surface area contributed by atoms with Gasteiger partial charge in [-0.3, -0.25) is 9.36 Å². The maximum absolute atomic E-state index is 13.3. The minimum Gasteiger partial charge on any atom is -0.484 e. The summed E-state index contributed by atoms with van der Waals surface area (Å²) in [5.41, 5.74) is 1.73. The molecule has 0 radical (unpaired) electrons. The van der Waals surface area contributed by atoms with Crippen molar-refractivity contribution in [3.05, 3.63) is 62.6 Å². The molecule has 3 saturated carbocycles. The molecule has 1 unspecified atom stereocenters. The number of rotatable bonds is 5. The molecule has 1 aliphatic heterocycles. The summed E-state index contributed by atoms with van der Waals surface area (Å²) >= 11 is 12.3. The Labute approximate surface area is 263 Å². The molecule has 2 heterocycles. The molecule has 1 saturated heterocycles. The van der Waals surface area contributed by atoms with Crippen LogP contribution in [0.5, 0.6) is 5.75 Å². The van der Waals surface area contributed by atoms with E-state index in [2.05, 4.69) is 50.2 Å². The molecule has 230 valence electrons. The van der Waals surface area contributed by atoms with Crippen LogP contribution in [0.1, 0.15) is 53.3 Å². The van der Waals surface area contributed by atoms with Gasteiger partial charge in [-0.25, -0.2) is 9.98 Å². The van der Waals surface area contributed by atoms with Crippen molar-refractivity contribution in [1.29, 1.82) is 0 Å². The Hall–Kier alpha value is -2.81. The molecule has 6 atom stereocenters. The van der Waals surface area contributed by atoms with Gasteiger partial charge in [0.2, 0.25) is 0 Å². The van der Waals surface area contributed by atoms with Crippen LogP contribution in [-0.2, 0) is 13.7 Å². The van der Waals surface area contributed by atoms with Crippen LogP contribution in [0.4, 0.5) is 5.69 Å². The van der Waals surface area contributed by atoms with E-state index in [9.17, 15) is 4.79 Å². The molecule has 10 heteroatoms. The van der Waals surface area contributed by atoms with Crippen LogP contribution in [0.25, 0.3) is 10.9 Å². The Balaban J connectivity index is 1.30. The predicted molar refractivity (Wildman–Crippen MR) is 175 cm³/mol. The number of aliphatic imine (C=N–C) groups is 1. The van der Waals surface area contributed by atoms with Crippen LogP contribution in [0, 0.1) is 23.2 Å². The normalized spacial score (nSPS) is 28.5. The van der Waals surface area contributed by atoms with E-state index in [0.717, 1.165) is 37.1 Å². The summed E-state index contributed by atoms with van der Waals surface area (Å²) in [6.07, 6.45) is 2.45. The highest BCUT2D eigenvalue weighted by Crippen LogP contribution is 2.61. The fourth-order valence-electron chi connectivity index (χ4n) is 7.53. The average molecular weight is 626 g/mol. The molecule has 43 heavy (non-hydrogen) atoms. The zero-order valence-corrected chi connectivity index (χ0v) is 27.3. The van der Waals surface area contributed by atoms with Crippen LogP contribution in [0.15, 0.2) is 46.2 Å². The van der Waals surface area contributed by atoms with Crippen molar-refractivity contribution in [3.8, 4) is 5.75 Å². The van der Waals surface area contributed by atoms with Crippen molar-refractivity contribution in [3.63, 3.8) is 0 Å². The first kappa shape index (κ1) is 30.2. The van der Waals surface area contributed by atoms with E-state index in [-0.39, 0.29) is 18.2 Å². The largest absolute Gasteiger partial charge is 0.484 e. The lowest BCUT2D eigenvalue weighted by Gasteiger charge is -2.61. The summed E-state index contributed by atoms with van der Waals surface area (Å²) < 4.78 is 7.44. The zero-order valence-electron chi connectivity index (χ0n) is 25.8. The van der Waals surface area contributed by atoms with Crippen LogP contribution in [0.3, 0.4) is 0 Å². The third kappa shape index (κ3) is 5.86. The molecule has 2 bridgehead atoms. The summed E-state index contributed by atoms with van der Waals surface area (Å²) in [5.74, 6) is 3.86. The van der Waals surface area contributed by atoms with E-state index in [4.69, 9.17) is 37.9 Å². The molecule has 7 rings (SSSR count). The number of nitrogens with zero attached hydrogens (tertiary/aromatic N) is 4. The number of anilines is 1. The second kappa shape index (κ2) is 11.6. The van der Waals surface area contributed by atoms with Gasteiger partial charge in [-0.05, 0) is 86.3 Å². The molecule has 2 N–H and O–H groups in total. The number of piperazine rings is 1. The summed E-state index contributed by atoms with van der Waals surface area (Å²) in [7, 11) is 1.71. The molecule has 4 fully saturated rings. The Kier molecular flexibility index (Phi) is 8.16. The van der Waals surface area contributed by atoms with Gasteiger partial charge in [-0.1, -0.05) is 44.0 Å². The second-order valence-electron chi connectivity index (χ2n) is 13.5. The first-order valence-electron chi connectivity index (χ1n) is 15.3. The van der Waals surface area contributed by atoms with Crippen molar-refractivity contribution >= 4 is 45.8 Å². The topological polar surface area (TPSA) is 83.8 Å². The maximum atomic E-state index is 13.3. The molecule has 3 aromatic rings. The highest BCUT2D eigenvalue weighted by Gasteiger charge is 2.56. The number of halogens is 2. The second-order valence-corrected chi connectivity index (χ2v) is 14.3. The molecule has 1 aromatic heterocycles. The first-order valence-corrected chi connectivity index (χ1v) is 16.1. The number of guanidine groups is 1. The summed E-state index contributed by atoms with van der Waals surface area (Å²) in [5, 5.41) is 8.78. The third-order valence-corrected chi connectivity index (χ3v) is 10.7. The van der Waals surface area contributed by atoms with Crippen LogP contribution < -0.4 is 20.9 Å². The Bertz CT molecular complexity index is 1610. The van der Waals surface area contributed by atoms with Gasteiger partial charge < -0.3 is 20.3 Å². The third-order valence-electron chi connectivity index (χ3n) is 10.1. The van der Waals surface area contributed by atoms with Gasteiger partial charge in [-0.15, -0.1) is 0 Å². The first-order chi connectivity index (χ1) is 20.4. The van der Waals surface area contributed by atoms with Gasteiger partial charge in [0.1, 0.15) is 18.2 Å². The predicted octanol–water partition coefficient (Wildman–Crippen LogP) is 6.34. The summed E-state index contributed by atoms with van der Waals surface area (Å²) in [6.45, 7) is 13.5. The number of nitrogens with one attached hydrogen (secondary N) is 2. The monoisotopic (exact) mass is 624 g/mol. The molecule has 0 spiro atoms. The van der Waals surface area contributed by atoms with E-state index in [1.54, 1.807) is 25.2 Å². The van der Waals surface area contributed by atoms with E-state index in [0.29, 0.717) is 61.9 Å². The van der Waals surface area contributed by atoms with Crippen molar-refractivity contribution < 1.29 is 4.74 Å². The van der Waals surface area contributed by atoms with Crippen LogP contribution in [-0.4, -0.2) is 51.6 Å². The number of hydrogen-bond acceptors (Lipinski definition) is 5. The highest BCUT2D eigenvalue weighted by molar-refractivity contribution is 6.35. The van der Waals surface area contributed by atoms with Crippen LogP contribution >= 0.6 is 23.2 Å². The minimum absolute atomic E-state index is 0.0855. The van der Waals surface area contributed by atoms with E-state index < -0.39 is 0 Å². The molecule has 8 nitrogen and oxygen atoms in total. The van der Waals surface area contributed by atoms with Gasteiger partial charge >= 0.3 is 0 Å². The number of ether oxygens (including phenoxy) is 1. The van der Waals surface area contributed by atoms with Gasteiger partial charge in [0, 0.05) is 42.9 Å². The van der Waals surface area contributed by atoms with Gasteiger partial charge in [0.05, 0.1) is 22.0 Å². The van der Waals surface area contributed by atoms with E-state index >= 15 is 0 Å². The standard InChI is InChI=1S/C33H42Cl2N6O2/c1-18-15-41(16-19(2)36-18)32(39-27-12-21-11-25(20(27)3)33(21,4)5)37-23-8-9-24-28(14-23)38-30(40(6)31(24)42)17-43-29-10-7-22(34)13-26(29)35/h7-10,13-14,18-21,25,27,36H,11-12,15-17H2,1-6H3,(H,37,39)/t18-,19+,20-,21+,25-,27?/m0/s1. The highest BCUT2D eigenvalue weighted by atomic mass is 35.5. The fourth-order valence-corrected chi connectivity index (χ4v) is 7.99. The molecule has 4 aliphatic rings. The maximum Gasteiger partial charge on any atom is 0.261 e. The lowest BCUT2D eigenvalue weighted by Crippen LogP contribution is -2.59. The molecular formula is C33H42Cl2N6O2. The summed E-state index contributed by atoms with van der Waals surface area (Å²) in [4.78, 5) is 25.9. The number of benzene rings is 2. The lowest BCUT2D eigenvalue weighted by molar-refractivity contribution is -0.108. The van der Waals surface area contributed by atoms with Crippen molar-refractivity contribution in [2.45, 2.75) is 72.2 Å². The summed E-state index contributed by atoms with van der Waals surface area (Å²) in [6, 6.07) is 11.8. The fraction of sp³-hybridized carbons (Fsp3) is 0.545. The van der Waals surface area contributed by atoms with Gasteiger partial charge in [-0.2, -0.15) is 0 Å². The molecular weight excluding hydrogens is 583 g/mol. The van der Waals surface area contributed by atoms with Crippen LogP contribution in [0.2, 0.25) is 10.0 Å². The van der Waals surface area contributed by atoms with E-state index in [1.807, 2.05) is 18.2 Å². The zero-order chi connectivity index (χ0) is 30.6. The smallest absolute Gasteiger partial charge is 0.261 e. The molecule has 0 amide bonds. The van der Waals surface area contributed by atoms with Crippen molar-refractivity contribution in [2.75, 3.05) is 18.4 Å². The number of aromatic nitrogens is 2. The number of hydrogen-bond donors (Lipinski definition) is 2. The van der Waals surface area contributed by atoms with Crippen molar-refractivity contribution in [2.24, 2.45) is 35.2 Å².